The molecule has 0 saturated carbocycles. The molecular weight excluding hydrogens is 328 g/mol. The van der Waals surface area contributed by atoms with E-state index in [1.165, 1.54) is 0 Å². The van der Waals surface area contributed by atoms with Crippen LogP contribution < -0.4 is 14.8 Å². The molecule has 0 spiro atoms. The van der Waals surface area contributed by atoms with Crippen molar-refractivity contribution in [2.45, 2.75) is 20.3 Å². The molecule has 5 nitrogen and oxygen atoms in total. The van der Waals surface area contributed by atoms with Crippen LogP contribution in [0.15, 0.2) is 48.5 Å². The highest BCUT2D eigenvalue weighted by Gasteiger charge is 2.09. The van der Waals surface area contributed by atoms with Gasteiger partial charge in [0.25, 0.3) is 0 Å². The first-order valence-electron chi connectivity index (χ1n) is 9.03. The number of amides is 1. The van der Waals surface area contributed by atoms with Crippen LogP contribution in [-0.4, -0.2) is 44.2 Å². The lowest BCUT2D eigenvalue weighted by atomic mass is 10.1. The van der Waals surface area contributed by atoms with Crippen molar-refractivity contribution in [3.05, 3.63) is 54.1 Å². The number of nitrogens with one attached hydrogen (secondary N) is 1. The predicted molar refractivity (Wildman–Crippen MR) is 105 cm³/mol. The van der Waals surface area contributed by atoms with Gasteiger partial charge in [-0.2, -0.15) is 0 Å². The van der Waals surface area contributed by atoms with Gasteiger partial charge in [-0.1, -0.05) is 38.1 Å². The van der Waals surface area contributed by atoms with Crippen molar-refractivity contribution < 1.29 is 14.3 Å². The summed E-state index contributed by atoms with van der Waals surface area (Å²) in [6.07, 6.45) is 0.303. The van der Waals surface area contributed by atoms with E-state index in [-0.39, 0.29) is 5.91 Å². The van der Waals surface area contributed by atoms with Crippen LogP contribution in [-0.2, 0) is 11.2 Å². The number of para-hydroxylation sites is 2. The highest BCUT2D eigenvalue weighted by atomic mass is 16.5. The van der Waals surface area contributed by atoms with E-state index in [2.05, 4.69) is 24.1 Å². The molecule has 2 aromatic carbocycles. The lowest BCUT2D eigenvalue weighted by Crippen LogP contribution is -2.28. The van der Waals surface area contributed by atoms with Gasteiger partial charge in [0, 0.05) is 6.54 Å². The first-order chi connectivity index (χ1) is 12.7. The smallest absolute Gasteiger partial charge is 0.228 e. The molecule has 1 N–H and O–H groups in total. The number of ether oxygens (including phenoxy) is 2. The molecule has 2 aromatic rings. The minimum atomic E-state index is -0.0741. The van der Waals surface area contributed by atoms with E-state index in [0.29, 0.717) is 24.5 Å². The fraction of sp³-hybridized carbons (Fsp3) is 0.381. The third-order valence-electron chi connectivity index (χ3n) is 4.24. The first-order valence-corrected chi connectivity index (χ1v) is 9.03. The normalized spacial score (nSPS) is 10.6. The van der Waals surface area contributed by atoms with Crippen LogP contribution >= 0.6 is 0 Å². The van der Waals surface area contributed by atoms with Crippen LogP contribution in [0.4, 0.5) is 5.69 Å². The number of likely N-dealkylation sites (N-methyl/N-ethyl adjacent to an activating group) is 1. The van der Waals surface area contributed by atoms with Gasteiger partial charge in [0.15, 0.2) is 0 Å². The number of carbonyl (C=O) groups excluding carboxylic acids is 1. The van der Waals surface area contributed by atoms with Crippen molar-refractivity contribution in [2.75, 3.05) is 38.7 Å². The molecule has 0 aromatic heterocycles. The Morgan fingerprint density at radius 2 is 1.73 bits per heavy atom. The number of methoxy groups -OCH3 is 1. The van der Waals surface area contributed by atoms with Gasteiger partial charge < -0.3 is 19.7 Å². The zero-order valence-electron chi connectivity index (χ0n) is 15.8. The monoisotopic (exact) mass is 356 g/mol. The van der Waals surface area contributed by atoms with Crippen LogP contribution in [0.25, 0.3) is 0 Å². The molecule has 0 heterocycles. The quantitative estimate of drug-likeness (QED) is 0.707. The lowest BCUT2D eigenvalue weighted by molar-refractivity contribution is -0.115. The maximum Gasteiger partial charge on any atom is 0.228 e. The highest BCUT2D eigenvalue weighted by molar-refractivity contribution is 5.93. The molecule has 0 aliphatic carbocycles. The van der Waals surface area contributed by atoms with E-state index < -0.39 is 0 Å². The van der Waals surface area contributed by atoms with Crippen LogP contribution in [0, 0.1) is 0 Å². The Labute approximate surface area is 155 Å². The van der Waals surface area contributed by atoms with E-state index in [4.69, 9.17) is 9.47 Å². The predicted octanol–water partition coefficient (Wildman–Crippen LogP) is 3.60. The Balaban J connectivity index is 1.92. The summed E-state index contributed by atoms with van der Waals surface area (Å²) in [6.45, 7) is 7.72. The van der Waals surface area contributed by atoms with E-state index in [0.717, 1.165) is 30.9 Å². The van der Waals surface area contributed by atoms with Crippen molar-refractivity contribution in [3.63, 3.8) is 0 Å². The van der Waals surface area contributed by atoms with Crippen LogP contribution in [0.3, 0.4) is 0 Å². The molecule has 0 radical (unpaired) electrons. The molecule has 0 aliphatic rings. The lowest BCUT2D eigenvalue weighted by Gasteiger charge is -2.19. The van der Waals surface area contributed by atoms with Crippen molar-refractivity contribution in [1.29, 1.82) is 0 Å². The summed E-state index contributed by atoms with van der Waals surface area (Å²) in [5, 5.41) is 2.94. The standard InChI is InChI=1S/C21H28N2O3/c1-4-23(5-2)14-15-26-20-9-7-6-8-19(20)22-21(24)16-17-10-12-18(25-3)13-11-17/h6-13H,4-5,14-16H2,1-3H3,(H,22,24). The third-order valence-corrected chi connectivity index (χ3v) is 4.24. The Kier molecular flexibility index (Phi) is 7.96. The van der Waals surface area contributed by atoms with Crippen molar-refractivity contribution in [1.82, 2.24) is 4.90 Å². The summed E-state index contributed by atoms with van der Waals surface area (Å²) in [6, 6.07) is 15.0. The van der Waals surface area contributed by atoms with Gasteiger partial charge in [-0.25, -0.2) is 0 Å². The van der Waals surface area contributed by atoms with Crippen molar-refractivity contribution >= 4 is 11.6 Å². The molecule has 5 heteroatoms. The van der Waals surface area contributed by atoms with Gasteiger partial charge in [0.2, 0.25) is 5.91 Å². The zero-order chi connectivity index (χ0) is 18.8. The molecule has 0 fully saturated rings. The third kappa shape index (κ3) is 6.08. The van der Waals surface area contributed by atoms with Gasteiger partial charge in [-0.15, -0.1) is 0 Å². The van der Waals surface area contributed by atoms with Crippen LogP contribution in [0.5, 0.6) is 11.5 Å². The second-order valence-corrected chi connectivity index (χ2v) is 5.94. The summed E-state index contributed by atoms with van der Waals surface area (Å²) < 4.78 is 11.0. The molecule has 0 bridgehead atoms. The van der Waals surface area contributed by atoms with Gasteiger partial charge in [0.05, 0.1) is 19.2 Å². The van der Waals surface area contributed by atoms with Gasteiger partial charge in [-0.3, -0.25) is 4.79 Å². The van der Waals surface area contributed by atoms with Crippen LogP contribution in [0.1, 0.15) is 19.4 Å². The summed E-state index contributed by atoms with van der Waals surface area (Å²) >= 11 is 0. The fourth-order valence-corrected chi connectivity index (χ4v) is 2.64. The Bertz CT molecular complexity index is 682. The summed E-state index contributed by atoms with van der Waals surface area (Å²) in [5.41, 5.74) is 1.63. The molecule has 140 valence electrons. The number of hydrogen-bond donors (Lipinski definition) is 1. The minimum Gasteiger partial charge on any atom is -0.497 e. The number of hydrogen-bond acceptors (Lipinski definition) is 4. The number of anilines is 1. The average Bonchev–Trinajstić information content (AvgIpc) is 2.67. The molecule has 0 aliphatic heterocycles. The minimum absolute atomic E-state index is 0.0741. The number of carbonyl (C=O) groups is 1. The average molecular weight is 356 g/mol. The fourth-order valence-electron chi connectivity index (χ4n) is 2.64. The Morgan fingerprint density at radius 1 is 1.04 bits per heavy atom. The Morgan fingerprint density at radius 3 is 2.38 bits per heavy atom. The molecule has 0 saturated heterocycles. The van der Waals surface area contributed by atoms with E-state index in [1.54, 1.807) is 7.11 Å². The largest absolute Gasteiger partial charge is 0.497 e. The molecule has 0 unspecified atom stereocenters. The second kappa shape index (κ2) is 10.5. The number of rotatable bonds is 10. The molecular formula is C21H28N2O3. The SMILES string of the molecule is CCN(CC)CCOc1ccccc1NC(=O)Cc1ccc(OC)cc1. The second-order valence-electron chi connectivity index (χ2n) is 5.94. The summed E-state index contributed by atoms with van der Waals surface area (Å²) in [5.74, 6) is 1.40. The van der Waals surface area contributed by atoms with Gasteiger partial charge >= 0.3 is 0 Å². The van der Waals surface area contributed by atoms with Gasteiger partial charge in [0.1, 0.15) is 18.1 Å². The van der Waals surface area contributed by atoms with Crippen molar-refractivity contribution in [3.8, 4) is 11.5 Å². The first kappa shape index (κ1) is 19.8. The van der Waals surface area contributed by atoms with E-state index in [9.17, 15) is 4.79 Å². The molecule has 1 amide bonds. The molecule has 2 rings (SSSR count). The maximum atomic E-state index is 12.4. The molecule has 0 atom stereocenters. The Hall–Kier alpha value is -2.53. The van der Waals surface area contributed by atoms with E-state index >= 15 is 0 Å². The number of nitrogens with zero attached hydrogens (tertiary/aromatic N) is 1. The summed E-state index contributed by atoms with van der Waals surface area (Å²) in [4.78, 5) is 14.7. The van der Waals surface area contributed by atoms with Crippen molar-refractivity contribution in [2.24, 2.45) is 0 Å². The molecule has 26 heavy (non-hydrogen) atoms. The summed E-state index contributed by atoms with van der Waals surface area (Å²) in [7, 11) is 1.62. The highest BCUT2D eigenvalue weighted by Crippen LogP contribution is 2.24. The van der Waals surface area contributed by atoms with E-state index in [1.807, 2.05) is 48.5 Å². The topological polar surface area (TPSA) is 50.8 Å². The maximum absolute atomic E-state index is 12.4. The zero-order valence-corrected chi connectivity index (χ0v) is 15.8. The van der Waals surface area contributed by atoms with Gasteiger partial charge in [-0.05, 0) is 42.9 Å². The van der Waals surface area contributed by atoms with Crippen LogP contribution in [0.2, 0.25) is 0 Å². The number of benzene rings is 2.